The molecule has 1 fully saturated rings. The lowest BCUT2D eigenvalue weighted by atomic mass is 10.2. The van der Waals surface area contributed by atoms with Gasteiger partial charge in [0, 0.05) is 5.92 Å². The molecule has 0 spiro atoms. The summed E-state index contributed by atoms with van der Waals surface area (Å²) in [7, 11) is 0. The number of benzene rings is 1. The van der Waals surface area contributed by atoms with Crippen LogP contribution in [-0.2, 0) is 4.79 Å². The standard InChI is InChI=1S/C13H11F3N2O3/c14-13(15,16)6-20-8-2-1-3-9-10(8)11(18-21-9)17-12(19)7-4-5-7/h1-3,7H,4-6H2,(H,17,18,19). The first-order valence-corrected chi connectivity index (χ1v) is 6.33. The molecule has 0 atom stereocenters. The molecule has 1 aromatic carbocycles. The third kappa shape index (κ3) is 3.09. The van der Waals surface area contributed by atoms with Crippen LogP contribution < -0.4 is 10.1 Å². The molecule has 1 aromatic heterocycles. The molecule has 112 valence electrons. The highest BCUT2D eigenvalue weighted by Gasteiger charge is 2.32. The van der Waals surface area contributed by atoms with Crippen molar-refractivity contribution in [2.75, 3.05) is 11.9 Å². The highest BCUT2D eigenvalue weighted by molar-refractivity contribution is 6.02. The lowest BCUT2D eigenvalue weighted by molar-refractivity contribution is -0.153. The maximum atomic E-state index is 12.3. The molecule has 1 aliphatic rings. The molecule has 2 aromatic rings. The predicted octanol–water partition coefficient (Wildman–Crippen LogP) is 3.12. The Kier molecular flexibility index (Phi) is 3.23. The van der Waals surface area contributed by atoms with E-state index in [1.165, 1.54) is 18.2 Å². The van der Waals surface area contributed by atoms with Crippen molar-refractivity contribution in [3.05, 3.63) is 18.2 Å². The number of carbonyl (C=O) groups is 1. The highest BCUT2D eigenvalue weighted by Crippen LogP contribution is 2.35. The third-order valence-electron chi connectivity index (χ3n) is 3.04. The Hall–Kier alpha value is -2.25. The lowest BCUT2D eigenvalue weighted by Crippen LogP contribution is -2.19. The summed E-state index contributed by atoms with van der Waals surface area (Å²) in [6, 6.07) is 4.40. The number of nitrogens with zero attached hydrogens (tertiary/aromatic N) is 1. The van der Waals surface area contributed by atoms with Crippen LogP contribution in [0.1, 0.15) is 12.8 Å². The van der Waals surface area contributed by atoms with E-state index in [0.717, 1.165) is 12.8 Å². The minimum absolute atomic E-state index is 0.0304. The number of fused-ring (bicyclic) bond motifs is 1. The molecule has 21 heavy (non-hydrogen) atoms. The van der Waals surface area contributed by atoms with Crippen LogP contribution in [0.3, 0.4) is 0 Å². The van der Waals surface area contributed by atoms with Crippen molar-refractivity contribution in [1.82, 2.24) is 5.16 Å². The zero-order valence-electron chi connectivity index (χ0n) is 10.7. The van der Waals surface area contributed by atoms with Gasteiger partial charge in [0.05, 0.1) is 0 Å². The SMILES string of the molecule is O=C(Nc1noc2cccc(OCC(F)(F)F)c12)C1CC1. The molecule has 3 rings (SSSR count). The summed E-state index contributed by atoms with van der Waals surface area (Å²) in [6.45, 7) is -1.42. The zero-order valence-corrected chi connectivity index (χ0v) is 10.7. The van der Waals surface area contributed by atoms with Gasteiger partial charge in [-0.15, -0.1) is 0 Å². The summed E-state index contributed by atoms with van der Waals surface area (Å²) < 4.78 is 46.5. The van der Waals surface area contributed by atoms with Crippen LogP contribution in [-0.4, -0.2) is 23.8 Å². The number of rotatable bonds is 4. The van der Waals surface area contributed by atoms with Gasteiger partial charge < -0.3 is 14.6 Å². The second-order valence-corrected chi connectivity index (χ2v) is 4.83. The number of anilines is 1. The van der Waals surface area contributed by atoms with E-state index < -0.39 is 12.8 Å². The largest absolute Gasteiger partial charge is 0.483 e. The molecule has 0 unspecified atom stereocenters. The van der Waals surface area contributed by atoms with Crippen LogP contribution in [0.2, 0.25) is 0 Å². The molecular formula is C13H11F3N2O3. The number of alkyl halides is 3. The van der Waals surface area contributed by atoms with E-state index in [4.69, 9.17) is 9.26 Å². The van der Waals surface area contributed by atoms with Crippen molar-refractivity contribution in [1.29, 1.82) is 0 Å². The molecule has 1 amide bonds. The fourth-order valence-electron chi connectivity index (χ4n) is 1.89. The molecule has 1 saturated carbocycles. The molecule has 1 aliphatic carbocycles. The Balaban J connectivity index is 1.88. The normalized spacial score (nSPS) is 15.2. The average Bonchev–Trinajstić information content (AvgIpc) is 3.19. The van der Waals surface area contributed by atoms with E-state index in [9.17, 15) is 18.0 Å². The van der Waals surface area contributed by atoms with Crippen molar-refractivity contribution >= 4 is 22.7 Å². The first kappa shape index (κ1) is 13.7. The number of amides is 1. The summed E-state index contributed by atoms with van der Waals surface area (Å²) in [5.74, 6) is -0.215. The summed E-state index contributed by atoms with van der Waals surface area (Å²) in [5.41, 5.74) is 0.251. The Bertz CT molecular complexity index is 677. The van der Waals surface area contributed by atoms with E-state index in [0.29, 0.717) is 0 Å². The zero-order chi connectivity index (χ0) is 15.0. The molecule has 0 bridgehead atoms. The van der Waals surface area contributed by atoms with Gasteiger partial charge in [0.25, 0.3) is 0 Å². The second-order valence-electron chi connectivity index (χ2n) is 4.83. The van der Waals surface area contributed by atoms with Gasteiger partial charge in [0.1, 0.15) is 11.1 Å². The van der Waals surface area contributed by atoms with Crippen LogP contribution in [0.5, 0.6) is 5.75 Å². The van der Waals surface area contributed by atoms with Crippen molar-refractivity contribution in [3.63, 3.8) is 0 Å². The molecule has 0 aliphatic heterocycles. The van der Waals surface area contributed by atoms with Gasteiger partial charge in [-0.25, -0.2) is 0 Å². The van der Waals surface area contributed by atoms with E-state index in [-0.39, 0.29) is 34.4 Å². The molecule has 1 N–H and O–H groups in total. The quantitative estimate of drug-likeness (QED) is 0.942. The summed E-state index contributed by atoms with van der Waals surface area (Å²) in [5, 5.41) is 6.47. The number of ether oxygens (including phenoxy) is 1. The van der Waals surface area contributed by atoms with Crippen molar-refractivity contribution in [2.24, 2.45) is 5.92 Å². The highest BCUT2D eigenvalue weighted by atomic mass is 19.4. The predicted molar refractivity (Wildman–Crippen MR) is 66.9 cm³/mol. The van der Waals surface area contributed by atoms with Crippen LogP contribution in [0.25, 0.3) is 11.0 Å². The average molecular weight is 300 g/mol. The van der Waals surface area contributed by atoms with Crippen LogP contribution in [0.15, 0.2) is 22.7 Å². The van der Waals surface area contributed by atoms with Crippen LogP contribution in [0, 0.1) is 5.92 Å². The minimum Gasteiger partial charge on any atom is -0.483 e. The molecule has 8 heteroatoms. The number of hydrogen-bond donors (Lipinski definition) is 1. The van der Waals surface area contributed by atoms with Gasteiger partial charge in [-0.3, -0.25) is 4.79 Å². The summed E-state index contributed by atoms with van der Waals surface area (Å²) in [4.78, 5) is 11.7. The number of aromatic nitrogens is 1. The van der Waals surface area contributed by atoms with Gasteiger partial charge in [0.15, 0.2) is 18.0 Å². The first-order valence-electron chi connectivity index (χ1n) is 6.33. The topological polar surface area (TPSA) is 64.4 Å². The van der Waals surface area contributed by atoms with E-state index in [1.54, 1.807) is 0 Å². The lowest BCUT2D eigenvalue weighted by Gasteiger charge is -2.10. The van der Waals surface area contributed by atoms with E-state index >= 15 is 0 Å². The van der Waals surface area contributed by atoms with Gasteiger partial charge >= 0.3 is 6.18 Å². The fourth-order valence-corrected chi connectivity index (χ4v) is 1.89. The maximum Gasteiger partial charge on any atom is 0.422 e. The second kappa shape index (κ2) is 4.94. The molecule has 1 heterocycles. The smallest absolute Gasteiger partial charge is 0.422 e. The van der Waals surface area contributed by atoms with Crippen molar-refractivity contribution in [2.45, 2.75) is 19.0 Å². The number of halogens is 3. The Morgan fingerprint density at radius 2 is 2.19 bits per heavy atom. The first-order chi connectivity index (χ1) is 9.94. The molecular weight excluding hydrogens is 289 g/mol. The van der Waals surface area contributed by atoms with E-state index in [2.05, 4.69) is 10.5 Å². The maximum absolute atomic E-state index is 12.3. The fraction of sp³-hybridized carbons (Fsp3) is 0.385. The molecule has 0 radical (unpaired) electrons. The third-order valence-corrected chi connectivity index (χ3v) is 3.04. The van der Waals surface area contributed by atoms with Gasteiger partial charge in [0.2, 0.25) is 5.91 Å². The summed E-state index contributed by atoms with van der Waals surface area (Å²) >= 11 is 0. The Morgan fingerprint density at radius 3 is 2.86 bits per heavy atom. The minimum atomic E-state index is -4.45. The Morgan fingerprint density at radius 1 is 1.43 bits per heavy atom. The monoisotopic (exact) mass is 300 g/mol. The Labute approximate surface area is 117 Å². The van der Waals surface area contributed by atoms with Crippen molar-refractivity contribution < 1.29 is 27.2 Å². The van der Waals surface area contributed by atoms with Gasteiger partial charge in [-0.05, 0) is 25.0 Å². The molecule has 5 nitrogen and oxygen atoms in total. The number of hydrogen-bond acceptors (Lipinski definition) is 4. The molecule has 0 saturated heterocycles. The number of carbonyl (C=O) groups excluding carboxylic acids is 1. The van der Waals surface area contributed by atoms with Crippen LogP contribution in [0.4, 0.5) is 19.0 Å². The number of nitrogens with one attached hydrogen (secondary N) is 1. The van der Waals surface area contributed by atoms with Crippen LogP contribution >= 0.6 is 0 Å². The van der Waals surface area contributed by atoms with Gasteiger partial charge in [-0.1, -0.05) is 11.2 Å². The van der Waals surface area contributed by atoms with Gasteiger partial charge in [-0.2, -0.15) is 13.2 Å². The summed E-state index contributed by atoms with van der Waals surface area (Å²) in [6.07, 6.45) is -2.84. The van der Waals surface area contributed by atoms with Crippen molar-refractivity contribution in [3.8, 4) is 5.75 Å². The van der Waals surface area contributed by atoms with E-state index in [1.807, 2.05) is 0 Å².